The maximum atomic E-state index is 13.3. The Morgan fingerprint density at radius 2 is 0.744 bits per heavy atom. The summed E-state index contributed by atoms with van der Waals surface area (Å²) in [6, 6.07) is 3.63. The van der Waals surface area contributed by atoms with Crippen LogP contribution in [0.1, 0.15) is 47.5 Å². The van der Waals surface area contributed by atoms with Crippen molar-refractivity contribution in [2.45, 2.75) is 201 Å². The molecule has 0 amide bonds. The van der Waals surface area contributed by atoms with Crippen LogP contribution in [-0.2, 0) is 210 Å². The van der Waals surface area contributed by atoms with E-state index in [-0.39, 0.29) is 40.7 Å². The molecule has 28 atom stereocenters. The SMILES string of the molecule is C=C(C)C(=O)OCC(=O)OC1C2CC3(C#N)C(O2)C1OS3(=O)=O.C=C(C)C(=O)OCC(=O)OC1C2CC3(C(=O)OC)C(O2)C1OS3(=O)=O.C=C(C)C(=O)OCC(=O)OC1C2OC3C1OS(=O)(=O)C3C2C#N.C=C(C)C(=O)OCC(=O)OC1C2OS(=O)(=O)C3C2OC1C3C(=O)OC.C=C(C)C(=O)OCC(=O)OC1C2OS(=O)(=O)C3C2OC1C3C(F)(F)F. The summed E-state index contributed by atoms with van der Waals surface area (Å²) >= 11 is 0. The average molecular weight is 1830 g/mol. The van der Waals surface area contributed by atoms with Gasteiger partial charge in [-0.1, -0.05) is 32.9 Å². The van der Waals surface area contributed by atoms with Crippen LogP contribution in [0.4, 0.5) is 13.2 Å². The second-order valence-corrected chi connectivity index (χ2v) is 37.9. The number of carbonyl (C=O) groups excluding carboxylic acids is 12. The summed E-state index contributed by atoms with van der Waals surface area (Å²) in [5.41, 5.74) is 0.490. The molecule has 15 aliphatic rings. The lowest BCUT2D eigenvalue weighted by Gasteiger charge is -2.29. The van der Waals surface area contributed by atoms with Gasteiger partial charge in [0, 0.05) is 40.7 Å². The second-order valence-electron chi connectivity index (χ2n) is 29.1. The number of alkyl halides is 3. The Bertz CT molecular complexity index is 5150. The van der Waals surface area contributed by atoms with E-state index < -0.39 is 327 Å². The number of ether oxygens (including phenoxy) is 17. The van der Waals surface area contributed by atoms with Gasteiger partial charge in [0.1, 0.15) is 119 Å². The van der Waals surface area contributed by atoms with Gasteiger partial charge in [0.2, 0.25) is 9.49 Å². The minimum atomic E-state index is -4.88. The van der Waals surface area contributed by atoms with Crippen molar-refractivity contribution in [2.24, 2.45) is 17.8 Å². The van der Waals surface area contributed by atoms with E-state index in [1.54, 1.807) is 6.07 Å². The molecule has 15 aliphatic heterocycles. The van der Waals surface area contributed by atoms with Crippen LogP contribution in [0.5, 0.6) is 0 Å². The minimum Gasteiger partial charge on any atom is -0.469 e. The molecule has 15 saturated heterocycles. The fourth-order valence-electron chi connectivity index (χ4n) is 15.9. The van der Waals surface area contributed by atoms with E-state index >= 15 is 0 Å². The number of fused-ring (bicyclic) bond motifs is 5. The van der Waals surface area contributed by atoms with Crippen LogP contribution in [0, 0.1) is 40.4 Å². The van der Waals surface area contributed by atoms with Gasteiger partial charge in [0.25, 0.3) is 50.6 Å². The first-order valence-electron chi connectivity index (χ1n) is 35.3. The first kappa shape index (κ1) is 92.2. The summed E-state index contributed by atoms with van der Waals surface area (Å²) in [6.45, 7) is 20.3. The number of hydrogen-bond donors (Lipinski definition) is 0. The molecule has 0 aromatic carbocycles. The van der Waals surface area contributed by atoms with E-state index in [0.717, 1.165) is 14.2 Å². The van der Waals surface area contributed by atoms with Gasteiger partial charge in [-0.15, -0.1) is 0 Å². The number of carbonyl (C=O) groups is 12. The second kappa shape index (κ2) is 33.6. The standard InChI is InChI=1S/2C14H16O10S.C13H13F3O8S.2C13H13NO8S/c1-6(2)12(16)21-5-8(15)23-9-7-4-14(13(17)20-3)11(22-7)10(9)24-25(14,18)19;1-5(2)13(16)21-4-6(15)22-9-8-7(14(17)20-3)12-11(23-8)10(9)24-25(12,18)19;1-4(2)12(18)21-3-5(17)22-8-7-6(13(14,15)16)11-10(23-7)9(8)24-25(11,19)20;1-6(2)12(16)19-4-8(15)21-9-7-3-13(5-14)11(20-7)10(9)22-23(13,17)18;1-5(2)13(16)19-4-7(15)20-9-8-6(3-14)12-11(21-8)10(9)22-23(12,17)18/h7,9-11H,1,4-5H2,2-3H3;7-12H,1,4H2,2-3H3;6-11H,1,3H2,2H3;7,9-11H,1,3-4H2,2H3;6,8-12H,1,4H2,2H3. The van der Waals surface area contributed by atoms with Crippen LogP contribution in [0.15, 0.2) is 60.8 Å². The van der Waals surface area contributed by atoms with Crippen LogP contribution in [0.3, 0.4) is 0 Å². The fraction of sp³-hybridized carbons (Fsp3) is 0.642. The quantitative estimate of drug-likeness (QED) is 0.0429. The molecule has 15 rings (SSSR count). The van der Waals surface area contributed by atoms with Crippen LogP contribution < -0.4 is 0 Å². The lowest BCUT2D eigenvalue weighted by atomic mass is 9.84. The Kier molecular flexibility index (Phi) is 25.6. The molecule has 0 aliphatic carbocycles. The summed E-state index contributed by atoms with van der Waals surface area (Å²) in [5.74, 6) is -14.9. The molecule has 664 valence electrons. The van der Waals surface area contributed by atoms with Gasteiger partial charge in [0.15, 0.2) is 63.6 Å². The largest absolute Gasteiger partial charge is 0.469 e. The third-order valence-corrected chi connectivity index (χ3v) is 30.0. The Labute approximate surface area is 682 Å². The van der Waals surface area contributed by atoms with E-state index in [0.29, 0.717) is 0 Å². The molecule has 10 bridgehead atoms. The highest BCUT2D eigenvalue weighted by atomic mass is 32.2. The summed E-state index contributed by atoms with van der Waals surface area (Å²) in [5, 5.41) is 14.2. The zero-order valence-corrected chi connectivity index (χ0v) is 67.6. The number of nitriles is 2. The molecule has 46 nitrogen and oxygen atoms in total. The van der Waals surface area contributed by atoms with Crippen molar-refractivity contribution in [3.63, 3.8) is 0 Å². The summed E-state index contributed by atoms with van der Waals surface area (Å²) in [7, 11) is -18.7. The lowest BCUT2D eigenvalue weighted by Crippen LogP contribution is -2.54. The molecule has 15 fully saturated rings. The Balaban J connectivity index is 0.000000148. The maximum absolute atomic E-state index is 13.3. The zero-order chi connectivity index (χ0) is 89.7. The normalized spacial score (nSPS) is 37.7. The fourth-order valence-corrected chi connectivity index (χ4v) is 24.8. The molecule has 0 radical (unpaired) electrons. The average Bonchev–Trinajstić information content (AvgIpc) is 1.58. The number of esters is 12. The van der Waals surface area contributed by atoms with Crippen molar-refractivity contribution in [3.8, 4) is 12.1 Å². The third kappa shape index (κ3) is 16.6. The Hall–Kier alpha value is -9.54. The van der Waals surface area contributed by atoms with Gasteiger partial charge >= 0.3 is 77.8 Å². The van der Waals surface area contributed by atoms with Crippen molar-refractivity contribution >= 4 is 122 Å². The maximum Gasteiger partial charge on any atom is 0.395 e. The molecule has 0 spiro atoms. The van der Waals surface area contributed by atoms with Crippen molar-refractivity contribution in [3.05, 3.63) is 60.8 Å². The number of halogens is 3. The van der Waals surface area contributed by atoms with Crippen LogP contribution >= 0.6 is 0 Å². The van der Waals surface area contributed by atoms with E-state index in [2.05, 4.69) is 70.2 Å². The first-order chi connectivity index (χ1) is 56.2. The van der Waals surface area contributed by atoms with E-state index in [1.807, 2.05) is 6.07 Å². The van der Waals surface area contributed by atoms with E-state index in [1.165, 1.54) is 34.6 Å². The van der Waals surface area contributed by atoms with Gasteiger partial charge in [-0.25, -0.2) is 47.9 Å². The van der Waals surface area contributed by atoms with Crippen LogP contribution in [0.2, 0.25) is 0 Å². The molecule has 0 saturated carbocycles. The van der Waals surface area contributed by atoms with Crippen molar-refractivity contribution < 1.29 is 214 Å². The van der Waals surface area contributed by atoms with Gasteiger partial charge in [-0.2, -0.15) is 65.8 Å². The van der Waals surface area contributed by atoms with E-state index in [9.17, 15) is 118 Å². The highest BCUT2D eigenvalue weighted by molar-refractivity contribution is 7.89. The van der Waals surface area contributed by atoms with Crippen molar-refractivity contribution in [1.29, 1.82) is 10.5 Å². The predicted octanol–water partition coefficient (Wildman–Crippen LogP) is -4.20. The van der Waals surface area contributed by atoms with Crippen molar-refractivity contribution in [2.75, 3.05) is 47.3 Å². The number of nitrogens with zero attached hydrogens (tertiary/aromatic N) is 2. The lowest BCUT2D eigenvalue weighted by molar-refractivity contribution is -0.201. The summed E-state index contributed by atoms with van der Waals surface area (Å²) in [4.78, 5) is 139. The molecule has 15 heterocycles. The van der Waals surface area contributed by atoms with Gasteiger partial charge in [-0.05, 0) is 34.6 Å². The zero-order valence-electron chi connectivity index (χ0n) is 63.5. The van der Waals surface area contributed by atoms with Gasteiger partial charge in [-0.3, -0.25) is 30.5 Å². The molecule has 121 heavy (non-hydrogen) atoms. The summed E-state index contributed by atoms with van der Waals surface area (Å²) in [6.07, 6.45) is -26.9. The van der Waals surface area contributed by atoms with Crippen LogP contribution in [-0.4, -0.2) is 314 Å². The molecular weight excluding hydrogens is 1750 g/mol. The third-order valence-electron chi connectivity index (χ3n) is 21.0. The number of hydrogen-bond acceptors (Lipinski definition) is 46. The van der Waals surface area contributed by atoms with E-state index in [4.69, 9.17) is 69.4 Å². The molecule has 54 heteroatoms. The number of rotatable bonds is 22. The highest BCUT2D eigenvalue weighted by Crippen LogP contribution is 2.59. The summed E-state index contributed by atoms with van der Waals surface area (Å²) < 4.78 is 266. The van der Waals surface area contributed by atoms with Gasteiger partial charge < -0.3 is 80.5 Å². The minimum absolute atomic E-state index is 0.0150. The van der Waals surface area contributed by atoms with Gasteiger partial charge in [0.05, 0.1) is 32.3 Å². The molecular formula is C67H71F3N2O44S5. The highest BCUT2D eigenvalue weighted by Gasteiger charge is 2.82. The number of methoxy groups -OCH3 is 2. The Morgan fingerprint density at radius 3 is 1.14 bits per heavy atom. The first-order valence-corrected chi connectivity index (χ1v) is 42.5. The molecule has 0 aromatic heterocycles. The molecule has 0 N–H and O–H groups in total. The monoisotopic (exact) mass is 1820 g/mol. The van der Waals surface area contributed by atoms with Crippen molar-refractivity contribution in [1.82, 2.24) is 0 Å². The predicted molar refractivity (Wildman–Crippen MR) is 368 cm³/mol. The van der Waals surface area contributed by atoms with Crippen LogP contribution in [0.25, 0.3) is 0 Å². The smallest absolute Gasteiger partial charge is 0.395 e. The Morgan fingerprint density at radius 1 is 0.405 bits per heavy atom. The molecule has 28 unspecified atom stereocenters. The topological polar surface area (TPSA) is 626 Å². The molecule has 0 aromatic rings.